The van der Waals surface area contributed by atoms with E-state index in [1.165, 1.54) is 43.4 Å². The number of rotatable bonds is 6. The molecule has 1 unspecified atom stereocenters. The molecule has 0 amide bonds. The van der Waals surface area contributed by atoms with E-state index in [0.717, 1.165) is 37.4 Å². The van der Waals surface area contributed by atoms with Gasteiger partial charge in [-0.3, -0.25) is 4.98 Å². The number of halogens is 1. The molecular formula is C25H31ClN2O. The molecule has 3 atom stereocenters. The lowest BCUT2D eigenvalue weighted by molar-refractivity contribution is -0.104. The number of nitrogens with one attached hydrogen (secondary N) is 1. The number of aromatic nitrogens is 1. The summed E-state index contributed by atoms with van der Waals surface area (Å²) < 4.78 is 6.37. The van der Waals surface area contributed by atoms with Crippen LogP contribution in [-0.4, -0.2) is 29.8 Å². The molecule has 3 aliphatic rings. The van der Waals surface area contributed by atoms with Crippen LogP contribution in [0.15, 0.2) is 48.7 Å². The molecule has 29 heavy (non-hydrogen) atoms. The number of benzene rings is 1. The van der Waals surface area contributed by atoms with Gasteiger partial charge in [-0.1, -0.05) is 42.6 Å². The second-order valence-electron chi connectivity index (χ2n) is 9.37. The third-order valence-electron chi connectivity index (χ3n) is 7.47. The molecule has 2 saturated carbocycles. The van der Waals surface area contributed by atoms with Gasteiger partial charge in [-0.25, -0.2) is 0 Å². The largest absolute Gasteiger partial charge is 0.375 e. The van der Waals surface area contributed by atoms with Crippen molar-refractivity contribution in [2.24, 2.45) is 0 Å². The van der Waals surface area contributed by atoms with Crippen molar-refractivity contribution in [2.45, 2.75) is 74.3 Å². The first kappa shape index (κ1) is 19.5. The van der Waals surface area contributed by atoms with Crippen molar-refractivity contribution in [2.75, 3.05) is 13.2 Å². The molecule has 3 fully saturated rings. The second-order valence-corrected chi connectivity index (χ2v) is 9.80. The van der Waals surface area contributed by atoms with Crippen molar-refractivity contribution in [3.63, 3.8) is 0 Å². The number of hydrogen-bond donors (Lipinski definition) is 1. The lowest BCUT2D eigenvalue weighted by Crippen LogP contribution is -2.47. The van der Waals surface area contributed by atoms with Crippen molar-refractivity contribution in [1.29, 1.82) is 0 Å². The van der Waals surface area contributed by atoms with Crippen molar-refractivity contribution in [3.8, 4) is 0 Å². The van der Waals surface area contributed by atoms with Crippen LogP contribution in [0.2, 0.25) is 5.02 Å². The number of ether oxygens (including phenoxy) is 1. The number of pyridine rings is 1. The van der Waals surface area contributed by atoms with Crippen molar-refractivity contribution in [1.82, 2.24) is 10.3 Å². The van der Waals surface area contributed by atoms with Gasteiger partial charge in [0.1, 0.15) is 0 Å². The van der Waals surface area contributed by atoms with Gasteiger partial charge in [-0.15, -0.1) is 0 Å². The van der Waals surface area contributed by atoms with Crippen molar-refractivity contribution >= 4 is 11.6 Å². The fourth-order valence-electron chi connectivity index (χ4n) is 5.79. The first-order valence-corrected chi connectivity index (χ1v) is 11.6. The summed E-state index contributed by atoms with van der Waals surface area (Å²) in [5, 5.41) is 4.66. The summed E-state index contributed by atoms with van der Waals surface area (Å²) in [6.45, 7) is 1.91. The summed E-state index contributed by atoms with van der Waals surface area (Å²) in [5.74, 6) is 0.633. The molecule has 2 aromatic rings. The van der Waals surface area contributed by atoms with Crippen LogP contribution in [0.1, 0.15) is 68.5 Å². The Labute approximate surface area is 179 Å². The Morgan fingerprint density at radius 1 is 1.07 bits per heavy atom. The maximum absolute atomic E-state index is 6.37. The Morgan fingerprint density at radius 3 is 2.66 bits per heavy atom. The van der Waals surface area contributed by atoms with E-state index < -0.39 is 0 Å². The molecule has 0 bridgehead atoms. The smallest absolute Gasteiger partial charge is 0.0691 e. The van der Waals surface area contributed by atoms with Crippen LogP contribution in [0.4, 0.5) is 0 Å². The molecule has 1 saturated heterocycles. The first-order chi connectivity index (χ1) is 14.2. The van der Waals surface area contributed by atoms with Gasteiger partial charge in [0, 0.05) is 40.9 Å². The SMILES string of the molecule is Clc1ccc([C@@H]2CC2NCC[C@@]2(c3ccccn3)CCOC3(CCCC3)C2)cc1. The van der Waals surface area contributed by atoms with E-state index >= 15 is 0 Å². The average Bonchev–Trinajstić information content (AvgIpc) is 3.39. The third kappa shape index (κ3) is 4.10. The van der Waals surface area contributed by atoms with E-state index in [2.05, 4.69) is 29.6 Å². The van der Waals surface area contributed by atoms with Crippen LogP contribution in [0.25, 0.3) is 0 Å². The van der Waals surface area contributed by atoms with E-state index in [9.17, 15) is 0 Å². The summed E-state index contributed by atoms with van der Waals surface area (Å²) in [7, 11) is 0. The summed E-state index contributed by atoms with van der Waals surface area (Å²) in [5.41, 5.74) is 2.91. The van der Waals surface area contributed by atoms with E-state index in [0.29, 0.717) is 12.0 Å². The molecule has 1 aromatic carbocycles. The Bertz CT molecular complexity index is 818. The molecule has 4 heteroatoms. The van der Waals surface area contributed by atoms with E-state index in [-0.39, 0.29) is 11.0 Å². The Kier molecular flexibility index (Phi) is 5.40. The molecule has 1 aromatic heterocycles. The molecule has 2 aliphatic carbocycles. The highest BCUT2D eigenvalue weighted by molar-refractivity contribution is 6.30. The first-order valence-electron chi connectivity index (χ1n) is 11.2. The third-order valence-corrected chi connectivity index (χ3v) is 7.72. The van der Waals surface area contributed by atoms with Crippen LogP contribution in [0.5, 0.6) is 0 Å². The molecule has 0 radical (unpaired) electrons. The van der Waals surface area contributed by atoms with Gasteiger partial charge in [0.25, 0.3) is 0 Å². The number of nitrogens with zero attached hydrogens (tertiary/aromatic N) is 1. The van der Waals surface area contributed by atoms with E-state index in [4.69, 9.17) is 21.3 Å². The molecule has 1 N–H and O–H groups in total. The Hall–Kier alpha value is -1.42. The maximum atomic E-state index is 6.37. The Morgan fingerprint density at radius 2 is 1.90 bits per heavy atom. The highest BCUT2D eigenvalue weighted by Gasteiger charge is 2.48. The monoisotopic (exact) mass is 410 g/mol. The molecule has 1 spiro atoms. The lowest BCUT2D eigenvalue weighted by atomic mass is 9.68. The van der Waals surface area contributed by atoms with Crippen LogP contribution < -0.4 is 5.32 Å². The van der Waals surface area contributed by atoms with Gasteiger partial charge >= 0.3 is 0 Å². The van der Waals surface area contributed by atoms with Gasteiger partial charge in [0.15, 0.2) is 0 Å². The van der Waals surface area contributed by atoms with E-state index in [1.54, 1.807) is 0 Å². The minimum Gasteiger partial charge on any atom is -0.375 e. The maximum Gasteiger partial charge on any atom is 0.0691 e. The van der Waals surface area contributed by atoms with Crippen LogP contribution in [0, 0.1) is 0 Å². The summed E-state index contributed by atoms with van der Waals surface area (Å²) in [4.78, 5) is 4.82. The zero-order valence-electron chi connectivity index (χ0n) is 17.1. The predicted molar refractivity (Wildman–Crippen MR) is 118 cm³/mol. The zero-order chi connectivity index (χ0) is 19.7. The fraction of sp³-hybridized carbons (Fsp3) is 0.560. The average molecular weight is 411 g/mol. The van der Waals surface area contributed by atoms with Crippen molar-refractivity contribution in [3.05, 3.63) is 64.9 Å². The van der Waals surface area contributed by atoms with Crippen LogP contribution in [-0.2, 0) is 10.2 Å². The summed E-state index contributed by atoms with van der Waals surface area (Å²) in [6, 6.07) is 15.4. The molecule has 1 aliphatic heterocycles. The summed E-state index contributed by atoms with van der Waals surface area (Å²) >= 11 is 6.04. The Balaban J connectivity index is 1.26. The van der Waals surface area contributed by atoms with Crippen molar-refractivity contribution < 1.29 is 4.74 Å². The molecule has 154 valence electrons. The molecule has 2 heterocycles. The molecule has 5 rings (SSSR count). The van der Waals surface area contributed by atoms with Gasteiger partial charge in [0.2, 0.25) is 0 Å². The van der Waals surface area contributed by atoms with Gasteiger partial charge in [-0.05, 0) is 74.9 Å². The van der Waals surface area contributed by atoms with Crippen LogP contribution in [0.3, 0.4) is 0 Å². The normalized spacial score (nSPS) is 30.5. The minimum absolute atomic E-state index is 0.0984. The predicted octanol–water partition coefficient (Wildman–Crippen LogP) is 5.63. The quantitative estimate of drug-likeness (QED) is 0.669. The van der Waals surface area contributed by atoms with E-state index in [1.807, 2.05) is 24.4 Å². The lowest BCUT2D eigenvalue weighted by Gasteiger charge is -2.46. The molecular weight excluding hydrogens is 380 g/mol. The minimum atomic E-state index is 0.0984. The highest BCUT2D eigenvalue weighted by Crippen LogP contribution is 2.50. The highest BCUT2D eigenvalue weighted by atomic mass is 35.5. The molecule has 3 nitrogen and oxygen atoms in total. The number of hydrogen-bond acceptors (Lipinski definition) is 3. The topological polar surface area (TPSA) is 34.2 Å². The van der Waals surface area contributed by atoms with Gasteiger partial charge < -0.3 is 10.1 Å². The fourth-order valence-corrected chi connectivity index (χ4v) is 5.92. The van der Waals surface area contributed by atoms with Gasteiger partial charge in [-0.2, -0.15) is 0 Å². The second kappa shape index (κ2) is 8.02. The van der Waals surface area contributed by atoms with Crippen LogP contribution >= 0.6 is 11.6 Å². The van der Waals surface area contributed by atoms with Gasteiger partial charge in [0.05, 0.1) is 5.60 Å². The standard InChI is InChI=1S/C25H31ClN2O/c26-20-8-6-19(7-9-20)21-17-22(21)27-15-12-24(23-5-1-4-14-28-23)13-16-29-25(18-24)10-2-3-11-25/h1,4-9,14,21-22,27H,2-3,10-13,15-18H2/t21-,22?,24+/m0/s1. The summed E-state index contributed by atoms with van der Waals surface area (Å²) in [6.07, 6.45) is 11.6. The zero-order valence-corrected chi connectivity index (χ0v) is 17.8.